The van der Waals surface area contributed by atoms with E-state index in [1.165, 1.54) is 0 Å². The minimum atomic E-state index is -6.09. The Labute approximate surface area is 282 Å². The summed E-state index contributed by atoms with van der Waals surface area (Å²) in [6.45, 7) is 7.94. The van der Waals surface area contributed by atoms with Crippen molar-refractivity contribution in [3.8, 4) is 11.5 Å². The van der Waals surface area contributed by atoms with Crippen molar-refractivity contribution in [2.24, 2.45) is 0 Å². The molecule has 1 aliphatic rings. The number of unbranched alkanes of at least 4 members (excludes halogenated alkanes) is 1. The molecule has 1 aromatic heterocycles. The lowest BCUT2D eigenvalue weighted by molar-refractivity contribution is -0.0517. The summed E-state index contributed by atoms with van der Waals surface area (Å²) >= 11 is 0. The van der Waals surface area contributed by atoms with Crippen molar-refractivity contribution in [3.63, 3.8) is 0 Å². The number of carbonyl (C=O) groups excluding carboxylic acids is 1. The van der Waals surface area contributed by atoms with Crippen molar-refractivity contribution in [2.45, 2.75) is 33.2 Å². The molecule has 48 heavy (non-hydrogen) atoms. The molecule has 1 N–H and O–H groups in total. The fourth-order valence-corrected chi connectivity index (χ4v) is 6.59. The van der Waals surface area contributed by atoms with Crippen molar-refractivity contribution in [1.29, 1.82) is 0 Å². The Balaban J connectivity index is 0.000000694. The molecule has 0 saturated carbocycles. The Hall–Kier alpha value is -3.41. The van der Waals surface area contributed by atoms with E-state index in [2.05, 4.69) is 39.4 Å². The lowest BCUT2D eigenvalue weighted by atomic mass is 10.2. The average molecular weight is 715 g/mol. The first-order chi connectivity index (χ1) is 22.9. The predicted molar refractivity (Wildman–Crippen MR) is 174 cm³/mol. The van der Waals surface area contributed by atoms with E-state index in [-0.39, 0.29) is 5.91 Å². The maximum Gasteiger partial charge on any atom is 0.485 e. The zero-order valence-corrected chi connectivity index (χ0v) is 28.7. The highest BCUT2D eigenvalue weighted by atomic mass is 32.2. The van der Waals surface area contributed by atoms with Crippen LogP contribution in [0.15, 0.2) is 81.7 Å². The number of piperazine rings is 1. The monoisotopic (exact) mass is 714 g/mol. The van der Waals surface area contributed by atoms with Crippen molar-refractivity contribution in [3.05, 3.63) is 72.4 Å². The molecule has 1 amide bonds. The van der Waals surface area contributed by atoms with Gasteiger partial charge in [0.1, 0.15) is 22.4 Å². The van der Waals surface area contributed by atoms with Crippen LogP contribution < -0.4 is 14.8 Å². The lowest BCUT2D eigenvalue weighted by Crippen LogP contribution is -2.47. The van der Waals surface area contributed by atoms with Gasteiger partial charge >= 0.3 is 5.51 Å². The summed E-state index contributed by atoms with van der Waals surface area (Å²) in [5.41, 5.74) is -5.07. The summed E-state index contributed by atoms with van der Waals surface area (Å²) in [6, 6.07) is 19.9. The largest absolute Gasteiger partial charge is 0.741 e. The number of carbonyl (C=O) groups is 1. The Bertz CT molecular complexity index is 1460. The minimum Gasteiger partial charge on any atom is -0.741 e. The molecule has 11 nitrogen and oxygen atoms in total. The first-order valence-corrected chi connectivity index (χ1v) is 17.7. The zero-order chi connectivity index (χ0) is 35.2. The van der Waals surface area contributed by atoms with Gasteiger partial charge in [-0.3, -0.25) is 9.69 Å². The molecular weight excluding hydrogens is 674 g/mol. The third-order valence-corrected chi connectivity index (χ3v) is 10.1. The smallest absolute Gasteiger partial charge is 0.485 e. The summed E-state index contributed by atoms with van der Waals surface area (Å²) < 4.78 is 74.8. The number of hydrogen-bond acceptors (Lipinski definition) is 10. The van der Waals surface area contributed by atoms with Crippen LogP contribution in [0, 0.1) is 0 Å². The summed E-state index contributed by atoms with van der Waals surface area (Å²) in [6.07, 6.45) is 3.71. The second-order valence-electron chi connectivity index (χ2n) is 10.6. The first kappa shape index (κ1) is 39.0. The quantitative estimate of drug-likeness (QED) is 0.113. The zero-order valence-electron chi connectivity index (χ0n) is 27.1. The van der Waals surface area contributed by atoms with E-state index in [1.54, 1.807) is 27.5 Å². The molecule has 0 spiro atoms. The van der Waals surface area contributed by atoms with Crippen LogP contribution in [0.1, 0.15) is 23.2 Å². The van der Waals surface area contributed by atoms with E-state index in [1.807, 2.05) is 36.4 Å². The van der Waals surface area contributed by atoms with Gasteiger partial charge in [0.25, 0.3) is 10.9 Å². The van der Waals surface area contributed by atoms with Crippen LogP contribution in [-0.4, -0.2) is 113 Å². The SMILES string of the molecule is COCCN1CCN(CCCCNC(=O)c2ccc([S+](c3ccc(OC)cc3)c3ccc(OC)cc3)nc2)CC1.O=S(=O)([O-])C(F)(F)F. The molecule has 0 aliphatic carbocycles. The predicted octanol–water partition coefficient (Wildman–Crippen LogP) is 4.02. The van der Waals surface area contributed by atoms with Crippen molar-refractivity contribution in [2.75, 3.05) is 73.7 Å². The van der Waals surface area contributed by atoms with E-state index < -0.39 is 26.5 Å². The van der Waals surface area contributed by atoms with Gasteiger partial charge in [0.05, 0.1) is 26.4 Å². The molecule has 1 saturated heterocycles. The Kier molecular flexibility index (Phi) is 15.4. The van der Waals surface area contributed by atoms with Crippen LogP contribution in [0.5, 0.6) is 11.5 Å². The maximum absolute atomic E-state index is 12.8. The van der Waals surface area contributed by atoms with E-state index >= 15 is 0 Å². The van der Waals surface area contributed by atoms with Gasteiger partial charge in [0.15, 0.2) is 19.9 Å². The lowest BCUT2D eigenvalue weighted by Gasteiger charge is -2.34. The number of alkyl halides is 3. The molecule has 2 heterocycles. The number of amides is 1. The van der Waals surface area contributed by atoms with E-state index in [0.29, 0.717) is 12.1 Å². The van der Waals surface area contributed by atoms with Crippen molar-refractivity contribution < 1.29 is 45.1 Å². The highest BCUT2D eigenvalue weighted by molar-refractivity contribution is 7.97. The van der Waals surface area contributed by atoms with Crippen LogP contribution >= 0.6 is 0 Å². The fourth-order valence-electron chi connectivity index (χ4n) is 4.66. The van der Waals surface area contributed by atoms with Gasteiger partial charge in [-0.05, 0) is 74.0 Å². The fraction of sp³-hybridized carbons (Fsp3) is 0.438. The van der Waals surface area contributed by atoms with E-state index in [4.69, 9.17) is 32.2 Å². The number of pyridine rings is 1. The number of benzene rings is 2. The topological polar surface area (TPSA) is 133 Å². The standard InChI is InChI=1S/C31H40N4O4S.CHF3O3S/c1-37-23-22-35-20-18-34(19-21-35)17-5-4-16-32-31(36)25-6-15-30(33-24-25)40(28-11-7-26(38-2)8-12-28)29-13-9-27(39-3)10-14-29;2-1(3,4)8(5,6)7/h6-15,24H,4-5,16-23H2,1-3H3;(H,5,6,7). The number of hydrogen-bond donors (Lipinski definition) is 1. The maximum atomic E-state index is 12.8. The van der Waals surface area contributed by atoms with Crippen molar-refractivity contribution >= 4 is 26.9 Å². The Morgan fingerprint density at radius 1 is 0.854 bits per heavy atom. The highest BCUT2D eigenvalue weighted by Crippen LogP contribution is 2.32. The molecule has 2 aromatic carbocycles. The van der Waals surface area contributed by atoms with Gasteiger partial charge in [-0.2, -0.15) is 13.2 Å². The van der Waals surface area contributed by atoms with E-state index in [9.17, 15) is 18.0 Å². The number of nitrogens with zero attached hydrogens (tertiary/aromatic N) is 3. The highest BCUT2D eigenvalue weighted by Gasteiger charge is 2.37. The minimum absolute atomic E-state index is 0.0837. The number of halogens is 3. The van der Waals surface area contributed by atoms with Gasteiger partial charge < -0.3 is 29.0 Å². The second kappa shape index (κ2) is 19.0. The Morgan fingerprint density at radius 2 is 1.35 bits per heavy atom. The van der Waals surface area contributed by atoms with Gasteiger partial charge in [-0.25, -0.2) is 13.4 Å². The number of aromatic nitrogens is 1. The summed E-state index contributed by atoms with van der Waals surface area (Å²) in [5.74, 6) is 1.53. The van der Waals surface area contributed by atoms with Gasteiger partial charge in [-0.15, -0.1) is 0 Å². The molecule has 1 aliphatic heterocycles. The second-order valence-corrected chi connectivity index (χ2v) is 13.9. The number of methoxy groups -OCH3 is 3. The average Bonchev–Trinajstić information content (AvgIpc) is 3.08. The molecular formula is C32H41F3N4O7S2. The number of rotatable bonds is 14. The van der Waals surface area contributed by atoms with Gasteiger partial charge in [-0.1, -0.05) is 0 Å². The molecule has 0 bridgehead atoms. The number of nitrogens with one attached hydrogen (secondary N) is 1. The normalized spacial score (nSPS) is 14.2. The van der Waals surface area contributed by atoms with Gasteiger partial charge in [0, 0.05) is 58.6 Å². The van der Waals surface area contributed by atoms with Crippen molar-refractivity contribution in [1.82, 2.24) is 20.1 Å². The molecule has 1 fully saturated rings. The summed E-state index contributed by atoms with van der Waals surface area (Å²) in [5, 5.41) is 3.96. The molecule has 264 valence electrons. The molecule has 4 rings (SSSR count). The van der Waals surface area contributed by atoms with Crippen LogP contribution in [0.2, 0.25) is 0 Å². The third kappa shape index (κ3) is 12.2. The molecule has 16 heteroatoms. The molecule has 0 radical (unpaired) electrons. The van der Waals surface area contributed by atoms with Crippen LogP contribution in [-0.2, 0) is 25.7 Å². The summed E-state index contributed by atoms with van der Waals surface area (Å²) in [7, 11) is -1.45. The van der Waals surface area contributed by atoms with Crippen LogP contribution in [0.3, 0.4) is 0 Å². The number of ether oxygens (including phenoxy) is 3. The van der Waals surface area contributed by atoms with Crippen LogP contribution in [0.4, 0.5) is 13.2 Å². The Morgan fingerprint density at radius 3 is 1.77 bits per heavy atom. The first-order valence-electron chi connectivity index (χ1n) is 15.1. The molecule has 3 aromatic rings. The third-order valence-electron chi connectivity index (χ3n) is 7.34. The summed E-state index contributed by atoms with van der Waals surface area (Å²) in [4.78, 5) is 24.7. The molecule has 0 unspecified atom stereocenters. The molecule has 0 atom stereocenters. The van der Waals surface area contributed by atoms with Crippen LogP contribution in [0.25, 0.3) is 0 Å². The van der Waals surface area contributed by atoms with E-state index in [0.717, 1.165) is 85.0 Å². The van der Waals surface area contributed by atoms with Gasteiger partial charge in [0.2, 0.25) is 0 Å².